The van der Waals surface area contributed by atoms with E-state index < -0.39 is 18.6 Å². The first-order valence-electron chi connectivity index (χ1n) is 9.45. The molecule has 0 saturated carbocycles. The van der Waals surface area contributed by atoms with Crippen LogP contribution in [0.5, 0.6) is 11.5 Å². The van der Waals surface area contributed by atoms with Crippen LogP contribution in [0.3, 0.4) is 0 Å². The lowest BCUT2D eigenvalue weighted by molar-refractivity contribution is -0.136. The summed E-state index contributed by atoms with van der Waals surface area (Å²) in [4.78, 5) is 23.0. The Labute approximate surface area is 174 Å². The zero-order chi connectivity index (χ0) is 21.3. The van der Waals surface area contributed by atoms with Gasteiger partial charge in [-0.15, -0.1) is 0 Å². The molecule has 0 aliphatic rings. The molecule has 0 bridgehead atoms. The summed E-state index contributed by atoms with van der Waals surface area (Å²) in [7, 11) is 1.45. The smallest absolute Gasteiger partial charge is 0.321 e. The summed E-state index contributed by atoms with van der Waals surface area (Å²) in [5.41, 5.74) is 3.35. The van der Waals surface area contributed by atoms with Crippen molar-refractivity contribution in [2.45, 2.75) is 12.3 Å². The molecule has 0 aromatic heterocycles. The summed E-state index contributed by atoms with van der Waals surface area (Å²) in [6.07, 6.45) is 1.73. The fraction of sp³-hybridized carbons (Fsp3) is 0.160. The molecule has 4 nitrogen and oxygen atoms in total. The first kappa shape index (κ1) is 21.0. The number of ether oxygens (including phenoxy) is 2. The monoisotopic (exact) mass is 404 g/mol. The van der Waals surface area contributed by atoms with Gasteiger partial charge < -0.3 is 9.47 Å². The molecule has 5 heteroatoms. The predicted octanol–water partition coefficient (Wildman–Crippen LogP) is 4.95. The highest BCUT2D eigenvalue weighted by molar-refractivity contribution is 5.81. The Kier molecular flexibility index (Phi) is 7.14. The molecule has 0 amide bonds. The van der Waals surface area contributed by atoms with E-state index in [9.17, 15) is 14.0 Å². The Hall–Kier alpha value is -3.69. The van der Waals surface area contributed by atoms with Crippen LogP contribution in [-0.2, 0) is 16.0 Å². The van der Waals surface area contributed by atoms with Crippen LogP contribution in [0.4, 0.5) is 4.39 Å². The van der Waals surface area contributed by atoms with Gasteiger partial charge in [0.1, 0.15) is 18.5 Å². The summed E-state index contributed by atoms with van der Waals surface area (Å²) in [5, 5.41) is 0. The molecule has 0 N–H and O–H groups in total. The van der Waals surface area contributed by atoms with Crippen LogP contribution in [0.1, 0.15) is 17.0 Å². The minimum atomic E-state index is -1.04. The zero-order valence-corrected chi connectivity index (χ0v) is 16.5. The summed E-state index contributed by atoms with van der Waals surface area (Å²) in [6, 6.07) is 21.9. The van der Waals surface area contributed by atoms with Crippen molar-refractivity contribution in [3.63, 3.8) is 0 Å². The van der Waals surface area contributed by atoms with Crippen LogP contribution >= 0.6 is 0 Å². The number of hydrogen-bond acceptors (Lipinski definition) is 4. The summed E-state index contributed by atoms with van der Waals surface area (Å²) in [5.74, 6) is 0.489. The van der Waals surface area contributed by atoms with Gasteiger partial charge in [0.2, 0.25) is 0 Å². The second kappa shape index (κ2) is 10.2. The summed E-state index contributed by atoms with van der Waals surface area (Å²) >= 11 is 0. The number of methoxy groups -OCH3 is 1. The lowest BCUT2D eigenvalue weighted by Crippen LogP contribution is -2.20. The zero-order valence-electron chi connectivity index (χ0n) is 16.5. The number of hydrogen-bond donors (Lipinski definition) is 0. The van der Waals surface area contributed by atoms with E-state index >= 15 is 0 Å². The van der Waals surface area contributed by atoms with E-state index in [4.69, 9.17) is 9.47 Å². The topological polar surface area (TPSA) is 52.6 Å². The molecule has 1 unspecified atom stereocenters. The molecule has 0 fully saturated rings. The van der Waals surface area contributed by atoms with Gasteiger partial charge in [0, 0.05) is 12.5 Å². The van der Waals surface area contributed by atoms with Crippen molar-refractivity contribution in [3.8, 4) is 22.6 Å². The van der Waals surface area contributed by atoms with E-state index in [1.54, 1.807) is 36.3 Å². The Bertz CT molecular complexity index is 1040. The molecule has 3 aromatic rings. The molecule has 1 atom stereocenters. The highest BCUT2D eigenvalue weighted by Crippen LogP contribution is 2.31. The summed E-state index contributed by atoms with van der Waals surface area (Å²) < 4.78 is 24.4. The molecule has 0 radical (unpaired) electrons. The van der Waals surface area contributed by atoms with Crippen LogP contribution < -0.4 is 9.47 Å². The molecule has 0 heterocycles. The van der Waals surface area contributed by atoms with E-state index in [0.717, 1.165) is 16.7 Å². The Morgan fingerprint density at radius 2 is 1.70 bits per heavy atom. The predicted molar refractivity (Wildman–Crippen MR) is 113 cm³/mol. The molecule has 3 aromatic carbocycles. The van der Waals surface area contributed by atoms with Crippen LogP contribution in [0.2, 0.25) is 0 Å². The second-order valence-electron chi connectivity index (χ2n) is 6.63. The molecule has 3 rings (SSSR count). The standard InChI is InChI=1S/C25H21FO4/c1-29-24-16-18(6-5-15-27)9-14-23(24)30-25(28)22(17-26)21-12-10-20(11-13-21)19-7-3-2-4-8-19/h2-5,7-14,16,22H,6,17H2,1H3. The van der Waals surface area contributed by atoms with Gasteiger partial charge in [-0.2, -0.15) is 0 Å². The van der Waals surface area contributed by atoms with Crippen molar-refractivity contribution in [3.05, 3.63) is 90.0 Å². The molecule has 0 aliphatic heterocycles. The largest absolute Gasteiger partial charge is 0.493 e. The normalized spacial score (nSPS) is 11.3. The van der Waals surface area contributed by atoms with E-state index in [1.807, 2.05) is 42.5 Å². The minimum Gasteiger partial charge on any atom is -0.493 e. The molecule has 152 valence electrons. The van der Waals surface area contributed by atoms with Crippen LogP contribution in [0, 0.1) is 0 Å². The third-order valence-electron chi connectivity index (χ3n) is 4.72. The van der Waals surface area contributed by atoms with Gasteiger partial charge in [-0.1, -0.05) is 60.7 Å². The van der Waals surface area contributed by atoms with Crippen LogP contribution in [-0.4, -0.2) is 25.7 Å². The number of benzene rings is 3. The lowest BCUT2D eigenvalue weighted by atomic mass is 9.97. The fourth-order valence-corrected chi connectivity index (χ4v) is 3.09. The van der Waals surface area contributed by atoms with E-state index in [1.165, 1.54) is 13.2 Å². The van der Waals surface area contributed by atoms with Gasteiger partial charge in [0.05, 0.1) is 7.11 Å². The Balaban J connectivity index is 1.77. The van der Waals surface area contributed by atoms with Crippen molar-refractivity contribution in [2.24, 2.45) is 0 Å². The van der Waals surface area contributed by atoms with Crippen LogP contribution in [0.25, 0.3) is 11.1 Å². The Morgan fingerprint density at radius 1 is 1.00 bits per heavy atom. The quantitative estimate of drug-likeness (QED) is 0.303. The van der Waals surface area contributed by atoms with Gasteiger partial charge in [-0.05, 0) is 34.4 Å². The maximum atomic E-state index is 13.7. The van der Waals surface area contributed by atoms with Gasteiger partial charge in [-0.25, -0.2) is 9.18 Å². The molecular formula is C25H21FO4. The van der Waals surface area contributed by atoms with Crippen molar-refractivity contribution in [2.75, 3.05) is 13.8 Å². The van der Waals surface area contributed by atoms with Crippen molar-refractivity contribution in [1.29, 1.82) is 0 Å². The number of halogens is 1. The number of carbonyl (C=O) groups excluding carboxylic acids is 2. The van der Waals surface area contributed by atoms with Gasteiger partial charge in [0.15, 0.2) is 11.5 Å². The van der Waals surface area contributed by atoms with E-state index in [-0.39, 0.29) is 5.75 Å². The van der Waals surface area contributed by atoms with Crippen molar-refractivity contribution >= 4 is 11.9 Å². The lowest BCUT2D eigenvalue weighted by Gasteiger charge is -2.15. The molecule has 30 heavy (non-hydrogen) atoms. The number of allylic oxidation sites excluding steroid dienone is 1. The SMILES string of the molecule is COc1cc(CC=C=O)ccc1OC(=O)C(CF)c1ccc(-c2ccccc2)cc1. The first-order chi connectivity index (χ1) is 14.7. The fourth-order valence-electron chi connectivity index (χ4n) is 3.09. The third kappa shape index (κ3) is 5.02. The number of esters is 1. The summed E-state index contributed by atoms with van der Waals surface area (Å²) in [6.45, 7) is -0.881. The van der Waals surface area contributed by atoms with E-state index in [0.29, 0.717) is 17.7 Å². The van der Waals surface area contributed by atoms with E-state index in [2.05, 4.69) is 0 Å². The third-order valence-corrected chi connectivity index (χ3v) is 4.72. The van der Waals surface area contributed by atoms with Gasteiger partial charge in [-0.3, -0.25) is 4.79 Å². The average molecular weight is 404 g/mol. The van der Waals surface area contributed by atoms with Crippen LogP contribution in [0.15, 0.2) is 78.9 Å². The highest BCUT2D eigenvalue weighted by atomic mass is 19.1. The molecular weight excluding hydrogens is 383 g/mol. The maximum Gasteiger partial charge on any atom is 0.321 e. The Morgan fingerprint density at radius 3 is 2.33 bits per heavy atom. The maximum absolute atomic E-state index is 13.7. The number of rotatable bonds is 8. The van der Waals surface area contributed by atoms with Gasteiger partial charge in [0.25, 0.3) is 0 Å². The van der Waals surface area contributed by atoms with Gasteiger partial charge >= 0.3 is 5.97 Å². The second-order valence-corrected chi connectivity index (χ2v) is 6.63. The van der Waals surface area contributed by atoms with Crippen molar-refractivity contribution in [1.82, 2.24) is 0 Å². The first-order valence-corrected chi connectivity index (χ1v) is 9.45. The highest BCUT2D eigenvalue weighted by Gasteiger charge is 2.24. The number of carbonyl (C=O) groups is 1. The molecule has 0 aliphatic carbocycles. The molecule has 0 spiro atoms. The average Bonchev–Trinajstić information content (AvgIpc) is 2.80. The van der Waals surface area contributed by atoms with Crippen molar-refractivity contribution < 1.29 is 23.5 Å². The number of alkyl halides is 1. The minimum absolute atomic E-state index is 0.195. The molecule has 0 saturated heterocycles.